The maximum absolute atomic E-state index is 13.5. The lowest BCUT2D eigenvalue weighted by atomic mass is 9.95. The number of nitrogens with two attached hydrogens (primary N) is 1. The van der Waals surface area contributed by atoms with Crippen molar-refractivity contribution in [2.45, 2.75) is 12.5 Å². The van der Waals surface area contributed by atoms with Crippen molar-refractivity contribution in [3.8, 4) is 16.9 Å². The van der Waals surface area contributed by atoms with E-state index in [0.717, 1.165) is 27.3 Å². The fraction of sp³-hybridized carbons (Fsp3) is 0.0714. The van der Waals surface area contributed by atoms with Gasteiger partial charge in [0.15, 0.2) is 0 Å². The molecule has 3 N–H and O–H groups in total. The van der Waals surface area contributed by atoms with Crippen LogP contribution < -0.4 is 10.9 Å². The lowest BCUT2D eigenvalue weighted by Gasteiger charge is -2.20. The van der Waals surface area contributed by atoms with E-state index in [-0.39, 0.29) is 11.7 Å². The molecule has 0 aromatic heterocycles. The van der Waals surface area contributed by atoms with E-state index in [0.29, 0.717) is 33.4 Å². The van der Waals surface area contributed by atoms with Gasteiger partial charge in [0, 0.05) is 27.6 Å². The van der Waals surface area contributed by atoms with Crippen molar-refractivity contribution in [1.29, 1.82) is 0 Å². The number of aromatic hydroxyl groups is 1. The predicted octanol–water partition coefficient (Wildman–Crippen LogP) is 6.04. The number of phenols is 1. The lowest BCUT2D eigenvalue weighted by molar-refractivity contribution is -0.119. The van der Waals surface area contributed by atoms with E-state index < -0.39 is 6.04 Å². The monoisotopic (exact) mass is 501 g/mol. The number of hydrogen-bond acceptors (Lipinski definition) is 4. The van der Waals surface area contributed by atoms with Gasteiger partial charge in [-0.1, -0.05) is 59.6 Å². The molecule has 4 aromatic rings. The summed E-state index contributed by atoms with van der Waals surface area (Å²) in [5.41, 5.74) is 5.34. The van der Waals surface area contributed by atoms with Gasteiger partial charge in [0.2, 0.25) is 0 Å². The predicted molar refractivity (Wildman–Crippen MR) is 141 cm³/mol. The molecule has 5 rings (SSSR count). The lowest BCUT2D eigenvalue weighted by Crippen LogP contribution is -2.43. The normalized spacial score (nSPS) is 15.4. The van der Waals surface area contributed by atoms with Crippen LogP contribution in [-0.4, -0.2) is 22.8 Å². The number of benzene rings is 4. The van der Waals surface area contributed by atoms with E-state index in [1.54, 1.807) is 42.5 Å². The minimum atomic E-state index is -0.782. The highest BCUT2D eigenvalue weighted by atomic mass is 35.5. The molecule has 1 aliphatic rings. The molecule has 7 heteroatoms. The number of hydrazine groups is 1. The number of halogens is 2. The topological polar surface area (TPSA) is 78.9 Å². The van der Waals surface area contributed by atoms with Crippen LogP contribution in [0.25, 0.3) is 11.1 Å². The molecule has 0 saturated heterocycles. The molecule has 0 spiro atoms. The summed E-state index contributed by atoms with van der Waals surface area (Å²) in [6.45, 7) is 0. The van der Waals surface area contributed by atoms with Crippen molar-refractivity contribution in [3.63, 3.8) is 0 Å². The first-order chi connectivity index (χ1) is 16.9. The van der Waals surface area contributed by atoms with E-state index in [1.807, 2.05) is 48.5 Å². The van der Waals surface area contributed by atoms with Crippen molar-refractivity contribution in [2.24, 2.45) is 10.8 Å². The number of benzodiazepines with no additional fused rings is 1. The van der Waals surface area contributed by atoms with Crippen LogP contribution in [0.4, 0.5) is 5.69 Å². The molecule has 4 aromatic carbocycles. The number of hydrogen-bond donors (Lipinski definition) is 2. The van der Waals surface area contributed by atoms with Gasteiger partial charge in [0.05, 0.1) is 11.4 Å². The zero-order valence-electron chi connectivity index (χ0n) is 18.5. The van der Waals surface area contributed by atoms with Crippen LogP contribution in [0.1, 0.15) is 16.7 Å². The number of carbonyl (C=O) groups excluding carboxylic acids is 1. The molecule has 1 amide bonds. The Balaban J connectivity index is 1.64. The Bertz CT molecular complexity index is 1450. The summed E-state index contributed by atoms with van der Waals surface area (Å²) >= 11 is 12.5. The van der Waals surface area contributed by atoms with Crippen LogP contribution >= 0.6 is 23.2 Å². The van der Waals surface area contributed by atoms with Crippen LogP contribution in [0, 0.1) is 0 Å². The summed E-state index contributed by atoms with van der Waals surface area (Å²) in [6.07, 6.45) is 0.332. The summed E-state index contributed by atoms with van der Waals surface area (Å²) in [7, 11) is 0. The molecular formula is C28H21Cl2N3O2. The van der Waals surface area contributed by atoms with Gasteiger partial charge in [-0.05, 0) is 71.3 Å². The highest BCUT2D eigenvalue weighted by molar-refractivity contribution is 6.32. The Morgan fingerprint density at radius 3 is 2.34 bits per heavy atom. The summed E-state index contributed by atoms with van der Waals surface area (Å²) < 4.78 is 0. The summed E-state index contributed by atoms with van der Waals surface area (Å²) in [5, 5.41) is 12.1. The molecule has 174 valence electrons. The summed E-state index contributed by atoms with van der Waals surface area (Å²) in [4.78, 5) is 18.4. The van der Waals surface area contributed by atoms with Gasteiger partial charge in [-0.3, -0.25) is 9.79 Å². The molecule has 35 heavy (non-hydrogen) atoms. The standard InChI is InChI=1S/C28H21Cl2N3O2/c29-20-6-3-5-18(14-20)23-7-2-1-4-19(23)15-25-28(35)33(31)26-13-10-21(30)16-24(26)27(32-25)17-8-11-22(34)12-9-17/h1-14,16,25,34H,15,31H2. The second-order valence-corrected chi connectivity index (χ2v) is 9.15. The van der Waals surface area contributed by atoms with Crippen molar-refractivity contribution >= 4 is 40.5 Å². The minimum Gasteiger partial charge on any atom is -0.508 e. The van der Waals surface area contributed by atoms with Crippen LogP contribution in [0.5, 0.6) is 5.75 Å². The van der Waals surface area contributed by atoms with E-state index in [1.165, 1.54) is 0 Å². The fourth-order valence-corrected chi connectivity index (χ4v) is 4.66. The van der Waals surface area contributed by atoms with Crippen molar-refractivity contribution in [1.82, 2.24) is 0 Å². The minimum absolute atomic E-state index is 0.137. The van der Waals surface area contributed by atoms with Crippen molar-refractivity contribution < 1.29 is 9.90 Å². The molecule has 0 fully saturated rings. The second-order valence-electron chi connectivity index (χ2n) is 8.28. The van der Waals surface area contributed by atoms with E-state index in [2.05, 4.69) is 0 Å². The third-order valence-corrected chi connectivity index (χ3v) is 6.46. The highest BCUT2D eigenvalue weighted by Gasteiger charge is 2.31. The van der Waals surface area contributed by atoms with Gasteiger partial charge >= 0.3 is 0 Å². The third kappa shape index (κ3) is 4.66. The van der Waals surface area contributed by atoms with Crippen LogP contribution in [-0.2, 0) is 11.2 Å². The van der Waals surface area contributed by atoms with Crippen LogP contribution in [0.3, 0.4) is 0 Å². The Kier molecular flexibility index (Phi) is 6.31. The molecular weight excluding hydrogens is 481 g/mol. The van der Waals surface area contributed by atoms with Crippen LogP contribution in [0.2, 0.25) is 10.0 Å². The zero-order valence-corrected chi connectivity index (χ0v) is 20.0. The molecule has 0 aliphatic carbocycles. The molecule has 1 unspecified atom stereocenters. The van der Waals surface area contributed by atoms with Gasteiger partial charge < -0.3 is 5.11 Å². The zero-order chi connectivity index (χ0) is 24.5. The SMILES string of the molecule is NN1C(=O)C(Cc2ccccc2-c2cccc(Cl)c2)N=C(c2ccc(O)cc2)c2cc(Cl)ccc21. The molecule has 1 atom stereocenters. The first-order valence-electron chi connectivity index (χ1n) is 11.0. The fourth-order valence-electron chi connectivity index (χ4n) is 4.29. The maximum atomic E-state index is 13.5. The Morgan fingerprint density at radius 1 is 0.829 bits per heavy atom. The first-order valence-corrected chi connectivity index (χ1v) is 11.8. The Morgan fingerprint density at radius 2 is 1.57 bits per heavy atom. The molecule has 1 heterocycles. The smallest absolute Gasteiger partial charge is 0.266 e. The highest BCUT2D eigenvalue weighted by Crippen LogP contribution is 2.32. The van der Waals surface area contributed by atoms with Gasteiger partial charge in [0.25, 0.3) is 5.91 Å². The first kappa shape index (κ1) is 23.1. The Hall–Kier alpha value is -3.64. The molecule has 0 saturated carbocycles. The quantitative estimate of drug-likeness (QED) is 0.264. The number of carbonyl (C=O) groups is 1. The number of rotatable bonds is 4. The number of amides is 1. The molecule has 5 nitrogen and oxygen atoms in total. The summed E-state index contributed by atoms with van der Waals surface area (Å²) in [6, 6.07) is 26.5. The van der Waals surface area contributed by atoms with Crippen molar-refractivity contribution in [3.05, 3.63) is 118 Å². The molecule has 0 bridgehead atoms. The molecule has 1 aliphatic heterocycles. The van der Waals surface area contributed by atoms with Crippen molar-refractivity contribution in [2.75, 3.05) is 5.01 Å². The van der Waals surface area contributed by atoms with Gasteiger partial charge in [0.1, 0.15) is 11.8 Å². The number of aliphatic imine (C=N–C) groups is 1. The number of anilines is 1. The number of phenolic OH excluding ortho intramolecular Hbond substituents is 1. The Labute approximate surface area is 213 Å². The third-order valence-electron chi connectivity index (χ3n) is 5.99. The van der Waals surface area contributed by atoms with E-state index in [9.17, 15) is 9.90 Å². The van der Waals surface area contributed by atoms with Gasteiger partial charge in [-0.2, -0.15) is 0 Å². The largest absolute Gasteiger partial charge is 0.508 e. The average Bonchev–Trinajstić information content (AvgIpc) is 2.95. The van der Waals surface area contributed by atoms with Gasteiger partial charge in [-0.25, -0.2) is 10.9 Å². The van der Waals surface area contributed by atoms with E-state index >= 15 is 0 Å². The number of fused-ring (bicyclic) bond motifs is 1. The van der Waals surface area contributed by atoms with Gasteiger partial charge in [-0.15, -0.1) is 0 Å². The summed E-state index contributed by atoms with van der Waals surface area (Å²) in [5.74, 6) is 6.13. The number of nitrogens with zero attached hydrogens (tertiary/aromatic N) is 2. The van der Waals surface area contributed by atoms with E-state index in [4.69, 9.17) is 34.0 Å². The average molecular weight is 502 g/mol. The second kappa shape index (κ2) is 9.55. The molecule has 0 radical (unpaired) electrons. The van der Waals surface area contributed by atoms with Crippen LogP contribution in [0.15, 0.2) is 96.0 Å². The maximum Gasteiger partial charge on any atom is 0.266 e.